The van der Waals surface area contributed by atoms with E-state index < -0.39 is 66.9 Å². The van der Waals surface area contributed by atoms with E-state index in [1.54, 1.807) is 67.5 Å². The Hall–Kier alpha value is -5.87. The van der Waals surface area contributed by atoms with Crippen LogP contribution >= 0.6 is 0 Å². The molecule has 4 amide bonds. The summed E-state index contributed by atoms with van der Waals surface area (Å²) in [5.74, 6) is -4.74. The van der Waals surface area contributed by atoms with Crippen LogP contribution in [0.25, 0.3) is 33.6 Å². The molecule has 17 heteroatoms. The topological polar surface area (TPSA) is 189 Å². The van der Waals surface area contributed by atoms with Crippen molar-refractivity contribution in [2.75, 3.05) is 20.2 Å². The van der Waals surface area contributed by atoms with Gasteiger partial charge in [0.2, 0.25) is 5.91 Å². The standard InChI is InChI=1S/C39H45F3N8O6/c1-20(2)31(48-38(54)55-5)35(51)49-14-6-7-29(49)33-45-18-28(47-33)25-13-12-24(15-26(25)40)22-8-10-23(11-9-22)27-17-44-34(46-27)30-16-39(41,42)19-50(30)36(52)32(21(3)4)56-37(43)53/h8-13,15,17-18,20-21,29-32H,6-7,14,16,19H2,1-5H3,(H2,43,53)(H,44,46)(H,45,47)(H,48,54)/t29?,30-,31-,32-/m0/s1. The van der Waals surface area contributed by atoms with Crippen molar-refractivity contribution in [1.29, 1.82) is 0 Å². The lowest BCUT2D eigenvalue weighted by atomic mass is 10.0. The molecule has 4 heterocycles. The molecule has 0 aliphatic carbocycles. The Morgan fingerprint density at radius 1 is 0.875 bits per heavy atom. The molecule has 2 fully saturated rings. The fraction of sp³-hybridized carbons (Fsp3) is 0.436. The average molecular weight is 779 g/mol. The van der Waals surface area contributed by atoms with E-state index in [2.05, 4.69) is 25.3 Å². The minimum Gasteiger partial charge on any atom is -0.453 e. The van der Waals surface area contributed by atoms with Gasteiger partial charge >= 0.3 is 12.2 Å². The lowest BCUT2D eigenvalue weighted by Crippen LogP contribution is -2.51. The number of aromatic nitrogens is 4. The second kappa shape index (κ2) is 16.1. The van der Waals surface area contributed by atoms with E-state index >= 15 is 4.39 Å². The highest BCUT2D eigenvalue weighted by atomic mass is 19.3. The number of carbonyl (C=O) groups is 4. The monoisotopic (exact) mass is 778 g/mol. The van der Waals surface area contributed by atoms with Gasteiger partial charge in [0.05, 0.1) is 37.1 Å². The number of hydrogen-bond acceptors (Lipinski definition) is 8. The van der Waals surface area contributed by atoms with Gasteiger partial charge in [-0.1, -0.05) is 58.0 Å². The highest BCUT2D eigenvalue weighted by Gasteiger charge is 2.50. The van der Waals surface area contributed by atoms with E-state index in [-0.39, 0.29) is 29.3 Å². The van der Waals surface area contributed by atoms with Gasteiger partial charge in [0, 0.05) is 36.5 Å². The first-order valence-corrected chi connectivity index (χ1v) is 18.4. The number of H-pyrrole nitrogens is 2. The Kier molecular flexibility index (Phi) is 11.4. The number of nitrogens with one attached hydrogen (secondary N) is 3. The summed E-state index contributed by atoms with van der Waals surface area (Å²) in [5, 5.41) is 2.63. The largest absolute Gasteiger partial charge is 0.453 e. The van der Waals surface area contributed by atoms with Crippen LogP contribution in [-0.2, 0) is 19.1 Å². The maximum atomic E-state index is 15.7. The number of halogens is 3. The number of nitrogens with zero attached hydrogens (tertiary/aromatic N) is 4. The summed E-state index contributed by atoms with van der Waals surface area (Å²) in [4.78, 5) is 68.0. The quantitative estimate of drug-likeness (QED) is 0.136. The second-order valence-electron chi connectivity index (χ2n) is 14.8. The van der Waals surface area contributed by atoms with Gasteiger partial charge in [0.1, 0.15) is 23.5 Å². The molecule has 14 nitrogen and oxygen atoms in total. The van der Waals surface area contributed by atoms with Crippen molar-refractivity contribution in [3.05, 3.63) is 72.3 Å². The number of nitrogens with two attached hydrogens (primary N) is 1. The number of rotatable bonds is 11. The van der Waals surface area contributed by atoms with Gasteiger partial charge in [-0.05, 0) is 47.9 Å². The molecule has 2 aliphatic rings. The molecule has 298 valence electrons. The predicted molar refractivity (Wildman–Crippen MR) is 198 cm³/mol. The SMILES string of the molecule is COC(=O)N[C@H](C(=O)N1CCCC1c1nc(-c2ccc(-c3ccc(-c4c[nH]c([C@@H]5CC(F)(F)CN5C(=O)[C@@H](OC(N)=O)C(C)C)n4)cc3)cc2F)c[nH]1)C(C)C. The number of benzene rings is 2. The Labute approximate surface area is 321 Å². The van der Waals surface area contributed by atoms with Crippen LogP contribution in [0.2, 0.25) is 0 Å². The lowest BCUT2D eigenvalue weighted by Gasteiger charge is -2.29. The highest BCUT2D eigenvalue weighted by Crippen LogP contribution is 2.42. The predicted octanol–water partition coefficient (Wildman–Crippen LogP) is 6.35. The molecule has 6 rings (SSSR count). The van der Waals surface area contributed by atoms with E-state index in [1.165, 1.54) is 13.2 Å². The van der Waals surface area contributed by atoms with Gasteiger partial charge < -0.3 is 40.3 Å². The molecule has 4 atom stereocenters. The first-order valence-electron chi connectivity index (χ1n) is 18.4. The van der Waals surface area contributed by atoms with Crippen molar-refractivity contribution in [3.63, 3.8) is 0 Å². The number of hydrogen-bond donors (Lipinski definition) is 4. The van der Waals surface area contributed by atoms with Crippen molar-refractivity contribution in [2.45, 2.75) is 77.1 Å². The van der Waals surface area contributed by atoms with Gasteiger partial charge in [0.25, 0.3) is 11.8 Å². The molecule has 0 saturated carbocycles. The summed E-state index contributed by atoms with van der Waals surface area (Å²) in [6.07, 6.45) is 0.691. The van der Waals surface area contributed by atoms with Gasteiger partial charge in [-0.15, -0.1) is 0 Å². The number of amides is 4. The van der Waals surface area contributed by atoms with Crippen LogP contribution in [0, 0.1) is 17.7 Å². The van der Waals surface area contributed by atoms with Crippen LogP contribution in [-0.4, -0.2) is 92.0 Å². The summed E-state index contributed by atoms with van der Waals surface area (Å²) in [6.45, 7) is 6.54. The number of aromatic amines is 2. The van der Waals surface area contributed by atoms with Crippen LogP contribution in [0.4, 0.5) is 22.8 Å². The molecule has 2 aliphatic heterocycles. The minimum atomic E-state index is -3.19. The second-order valence-corrected chi connectivity index (χ2v) is 14.8. The number of alkyl halides is 2. The molecule has 0 spiro atoms. The lowest BCUT2D eigenvalue weighted by molar-refractivity contribution is -0.144. The highest BCUT2D eigenvalue weighted by molar-refractivity contribution is 5.86. The van der Waals surface area contributed by atoms with Crippen molar-refractivity contribution in [1.82, 2.24) is 35.1 Å². The summed E-state index contributed by atoms with van der Waals surface area (Å²) in [6, 6.07) is 9.65. The average Bonchev–Trinajstić information content (AvgIpc) is 3.98. The third kappa shape index (κ3) is 8.35. The van der Waals surface area contributed by atoms with Crippen LogP contribution in [0.15, 0.2) is 54.9 Å². The zero-order valence-electron chi connectivity index (χ0n) is 31.6. The number of imidazole rings is 2. The van der Waals surface area contributed by atoms with Crippen LogP contribution in [0.3, 0.4) is 0 Å². The molecule has 2 saturated heterocycles. The molecular weight excluding hydrogens is 733 g/mol. The van der Waals surface area contributed by atoms with E-state index in [9.17, 15) is 28.0 Å². The van der Waals surface area contributed by atoms with Crippen molar-refractivity contribution >= 4 is 24.0 Å². The number of carbonyl (C=O) groups excluding carboxylic acids is 4. The summed E-state index contributed by atoms with van der Waals surface area (Å²) in [7, 11) is 1.24. The van der Waals surface area contributed by atoms with Gasteiger partial charge in [0.15, 0.2) is 6.10 Å². The Bertz CT molecular complexity index is 2080. The third-order valence-corrected chi connectivity index (χ3v) is 10.2. The van der Waals surface area contributed by atoms with Crippen molar-refractivity contribution in [2.24, 2.45) is 17.6 Å². The van der Waals surface area contributed by atoms with Crippen LogP contribution < -0.4 is 11.1 Å². The molecule has 0 radical (unpaired) electrons. The molecule has 2 aromatic heterocycles. The van der Waals surface area contributed by atoms with Gasteiger partial charge in [-0.3, -0.25) is 9.59 Å². The maximum absolute atomic E-state index is 15.7. The van der Waals surface area contributed by atoms with E-state index in [1.807, 2.05) is 13.8 Å². The molecule has 2 aromatic carbocycles. The van der Waals surface area contributed by atoms with E-state index in [4.69, 9.17) is 15.2 Å². The number of methoxy groups -OCH3 is 1. The van der Waals surface area contributed by atoms with Gasteiger partial charge in [-0.25, -0.2) is 32.7 Å². The number of alkyl carbamates (subject to hydrolysis) is 1. The Morgan fingerprint density at radius 3 is 2.12 bits per heavy atom. The molecule has 0 bridgehead atoms. The first-order chi connectivity index (χ1) is 26.6. The fourth-order valence-electron chi connectivity index (χ4n) is 7.28. The zero-order chi connectivity index (χ0) is 40.5. The Balaban J connectivity index is 1.15. The molecule has 5 N–H and O–H groups in total. The van der Waals surface area contributed by atoms with Crippen LogP contribution in [0.1, 0.15) is 70.7 Å². The number of primary amides is 1. The summed E-state index contributed by atoms with van der Waals surface area (Å²) >= 11 is 0. The Morgan fingerprint density at radius 2 is 1.50 bits per heavy atom. The number of likely N-dealkylation sites (tertiary alicyclic amines) is 2. The molecule has 4 aromatic rings. The first kappa shape index (κ1) is 39.8. The smallest absolute Gasteiger partial charge is 0.407 e. The third-order valence-electron chi connectivity index (χ3n) is 10.2. The molecular formula is C39H45F3N8O6. The number of ether oxygens (including phenoxy) is 2. The zero-order valence-corrected chi connectivity index (χ0v) is 31.6. The fourth-order valence-corrected chi connectivity index (χ4v) is 7.28. The normalized spacial score (nSPS) is 19.0. The van der Waals surface area contributed by atoms with Crippen molar-refractivity contribution in [3.8, 4) is 33.6 Å². The van der Waals surface area contributed by atoms with Gasteiger partial charge in [-0.2, -0.15) is 0 Å². The van der Waals surface area contributed by atoms with Crippen molar-refractivity contribution < 1.29 is 41.8 Å². The maximum Gasteiger partial charge on any atom is 0.407 e. The molecule has 56 heavy (non-hydrogen) atoms. The van der Waals surface area contributed by atoms with E-state index in [0.29, 0.717) is 46.9 Å². The summed E-state index contributed by atoms with van der Waals surface area (Å²) < 4.78 is 54.7. The molecule has 1 unspecified atom stereocenters. The van der Waals surface area contributed by atoms with E-state index in [0.717, 1.165) is 11.3 Å². The minimum absolute atomic E-state index is 0.151. The summed E-state index contributed by atoms with van der Waals surface area (Å²) in [5.41, 5.74) is 8.18. The van der Waals surface area contributed by atoms with Crippen LogP contribution in [0.5, 0.6) is 0 Å².